The standard InChI is InChI=1S/C17H22N2O3/c1-4-22-14-9-17(21,16(14,2)3)11-19-15(20)13-7-5-12(10-18)6-8-13/h5-8,14,21H,4,9,11H2,1-3H3,(H,19,20)/t14-,17+/m1/s1. The number of hydrogen-bond acceptors (Lipinski definition) is 4. The Bertz CT molecular complexity index is 589. The molecule has 22 heavy (non-hydrogen) atoms. The van der Waals surface area contributed by atoms with E-state index in [0.29, 0.717) is 24.2 Å². The van der Waals surface area contributed by atoms with E-state index in [-0.39, 0.29) is 18.6 Å². The Kier molecular flexibility index (Phi) is 4.55. The van der Waals surface area contributed by atoms with Gasteiger partial charge in [-0.2, -0.15) is 5.26 Å². The highest BCUT2D eigenvalue weighted by molar-refractivity contribution is 5.94. The maximum Gasteiger partial charge on any atom is 0.251 e. The number of carbonyl (C=O) groups excluding carboxylic acids is 1. The van der Waals surface area contributed by atoms with E-state index in [2.05, 4.69) is 5.32 Å². The van der Waals surface area contributed by atoms with Crippen LogP contribution in [0.4, 0.5) is 0 Å². The van der Waals surface area contributed by atoms with E-state index in [9.17, 15) is 9.90 Å². The molecule has 1 amide bonds. The molecule has 0 aromatic heterocycles. The van der Waals surface area contributed by atoms with Gasteiger partial charge in [-0.3, -0.25) is 4.79 Å². The molecular weight excluding hydrogens is 280 g/mol. The lowest BCUT2D eigenvalue weighted by molar-refractivity contribution is -0.237. The van der Waals surface area contributed by atoms with Gasteiger partial charge in [-0.05, 0) is 31.2 Å². The van der Waals surface area contributed by atoms with Crippen LogP contribution in [-0.2, 0) is 4.74 Å². The van der Waals surface area contributed by atoms with E-state index >= 15 is 0 Å². The summed E-state index contributed by atoms with van der Waals surface area (Å²) in [4.78, 5) is 12.1. The second-order valence-corrected chi connectivity index (χ2v) is 6.27. The second kappa shape index (κ2) is 6.07. The van der Waals surface area contributed by atoms with Gasteiger partial charge in [0.1, 0.15) is 0 Å². The summed E-state index contributed by atoms with van der Waals surface area (Å²) in [5.41, 5.74) is -0.383. The van der Waals surface area contributed by atoms with Gasteiger partial charge in [-0.1, -0.05) is 13.8 Å². The van der Waals surface area contributed by atoms with Gasteiger partial charge in [-0.25, -0.2) is 0 Å². The van der Waals surface area contributed by atoms with Gasteiger partial charge < -0.3 is 15.2 Å². The number of hydrogen-bond donors (Lipinski definition) is 2. The van der Waals surface area contributed by atoms with Gasteiger partial charge in [0.15, 0.2) is 0 Å². The summed E-state index contributed by atoms with van der Waals surface area (Å²) < 4.78 is 5.60. The number of carbonyl (C=O) groups is 1. The summed E-state index contributed by atoms with van der Waals surface area (Å²) in [6.45, 7) is 6.62. The van der Waals surface area contributed by atoms with Crippen molar-refractivity contribution in [2.24, 2.45) is 5.41 Å². The number of nitriles is 1. The van der Waals surface area contributed by atoms with Crippen LogP contribution in [0.25, 0.3) is 0 Å². The zero-order chi connectivity index (χ0) is 16.4. The number of amides is 1. The fourth-order valence-corrected chi connectivity index (χ4v) is 2.79. The molecule has 0 saturated heterocycles. The minimum Gasteiger partial charge on any atom is -0.387 e. The maximum atomic E-state index is 12.1. The quantitative estimate of drug-likeness (QED) is 0.869. The van der Waals surface area contributed by atoms with Gasteiger partial charge >= 0.3 is 0 Å². The predicted octanol–water partition coefficient (Wildman–Crippen LogP) is 1.85. The van der Waals surface area contributed by atoms with Gasteiger partial charge in [0, 0.05) is 30.6 Å². The number of nitrogens with one attached hydrogen (secondary N) is 1. The summed E-state index contributed by atoms with van der Waals surface area (Å²) in [6, 6.07) is 8.42. The lowest BCUT2D eigenvalue weighted by Gasteiger charge is -2.57. The van der Waals surface area contributed by atoms with E-state index in [1.54, 1.807) is 24.3 Å². The van der Waals surface area contributed by atoms with Crippen LogP contribution in [0.5, 0.6) is 0 Å². The molecule has 1 fully saturated rings. The zero-order valence-electron chi connectivity index (χ0n) is 13.2. The van der Waals surface area contributed by atoms with Crippen molar-refractivity contribution >= 4 is 5.91 Å². The molecule has 5 heteroatoms. The molecule has 1 aliphatic rings. The summed E-state index contributed by atoms with van der Waals surface area (Å²) in [7, 11) is 0. The zero-order valence-corrected chi connectivity index (χ0v) is 13.2. The van der Waals surface area contributed by atoms with Crippen LogP contribution in [0.15, 0.2) is 24.3 Å². The Hall–Kier alpha value is -1.90. The lowest BCUT2D eigenvalue weighted by atomic mass is 9.56. The van der Waals surface area contributed by atoms with Crippen molar-refractivity contribution in [3.63, 3.8) is 0 Å². The van der Waals surface area contributed by atoms with Crippen LogP contribution >= 0.6 is 0 Å². The number of aliphatic hydroxyl groups is 1. The molecule has 0 heterocycles. The first-order valence-electron chi connectivity index (χ1n) is 7.46. The highest BCUT2D eigenvalue weighted by Gasteiger charge is 2.59. The largest absolute Gasteiger partial charge is 0.387 e. The van der Waals surface area contributed by atoms with Crippen molar-refractivity contribution in [2.45, 2.75) is 38.9 Å². The van der Waals surface area contributed by atoms with Crippen LogP contribution in [0, 0.1) is 16.7 Å². The number of rotatable bonds is 5. The molecule has 2 rings (SSSR count). The average Bonchev–Trinajstić information content (AvgIpc) is 2.52. The van der Waals surface area contributed by atoms with Crippen molar-refractivity contribution in [1.29, 1.82) is 5.26 Å². The Morgan fingerprint density at radius 3 is 2.59 bits per heavy atom. The monoisotopic (exact) mass is 302 g/mol. The molecule has 0 aliphatic heterocycles. The molecule has 2 N–H and O–H groups in total. The number of benzene rings is 1. The molecule has 2 atom stereocenters. The highest BCUT2D eigenvalue weighted by Crippen LogP contribution is 2.50. The molecule has 0 bridgehead atoms. The average molecular weight is 302 g/mol. The van der Waals surface area contributed by atoms with Crippen LogP contribution in [0.2, 0.25) is 0 Å². The fraction of sp³-hybridized carbons (Fsp3) is 0.529. The Labute approximate surface area is 130 Å². The second-order valence-electron chi connectivity index (χ2n) is 6.27. The first kappa shape index (κ1) is 16.5. The summed E-state index contributed by atoms with van der Waals surface area (Å²) in [5.74, 6) is -0.256. The number of nitrogens with zero attached hydrogens (tertiary/aromatic N) is 1. The van der Waals surface area contributed by atoms with E-state index in [0.717, 1.165) is 0 Å². The molecule has 0 unspecified atom stereocenters. The van der Waals surface area contributed by atoms with Gasteiger partial charge in [0.05, 0.1) is 23.3 Å². The summed E-state index contributed by atoms with van der Waals surface area (Å²) >= 11 is 0. The molecule has 1 aliphatic carbocycles. The van der Waals surface area contributed by atoms with Gasteiger partial charge in [0.2, 0.25) is 0 Å². The Balaban J connectivity index is 1.95. The Morgan fingerprint density at radius 2 is 2.09 bits per heavy atom. The van der Waals surface area contributed by atoms with Crippen molar-refractivity contribution in [1.82, 2.24) is 5.32 Å². The van der Waals surface area contributed by atoms with Crippen molar-refractivity contribution in [3.05, 3.63) is 35.4 Å². The minimum absolute atomic E-state index is 0.00862. The van der Waals surface area contributed by atoms with Crippen molar-refractivity contribution < 1.29 is 14.6 Å². The van der Waals surface area contributed by atoms with E-state index in [4.69, 9.17) is 10.00 Å². The third kappa shape index (κ3) is 2.85. The predicted molar refractivity (Wildman–Crippen MR) is 82.3 cm³/mol. The van der Waals surface area contributed by atoms with Crippen LogP contribution in [0.3, 0.4) is 0 Å². The summed E-state index contributed by atoms with van der Waals surface area (Å²) in [5, 5.41) is 22.2. The van der Waals surface area contributed by atoms with Crippen molar-refractivity contribution in [2.75, 3.05) is 13.2 Å². The first-order chi connectivity index (χ1) is 10.3. The lowest BCUT2D eigenvalue weighted by Crippen LogP contribution is -2.68. The highest BCUT2D eigenvalue weighted by atomic mass is 16.5. The third-order valence-corrected chi connectivity index (χ3v) is 4.71. The van der Waals surface area contributed by atoms with Gasteiger partial charge in [0.25, 0.3) is 5.91 Å². The minimum atomic E-state index is -0.963. The number of ether oxygens (including phenoxy) is 1. The smallest absolute Gasteiger partial charge is 0.251 e. The van der Waals surface area contributed by atoms with E-state index in [1.165, 1.54) is 0 Å². The van der Waals surface area contributed by atoms with Crippen LogP contribution in [0.1, 0.15) is 43.1 Å². The molecule has 1 aromatic rings. The molecule has 118 valence electrons. The first-order valence-corrected chi connectivity index (χ1v) is 7.46. The fourth-order valence-electron chi connectivity index (χ4n) is 2.79. The van der Waals surface area contributed by atoms with Crippen LogP contribution in [-0.4, -0.2) is 35.9 Å². The SMILES string of the molecule is CCO[C@@H]1C[C@](O)(CNC(=O)c2ccc(C#N)cc2)C1(C)C. The molecule has 1 aromatic carbocycles. The maximum absolute atomic E-state index is 12.1. The normalized spacial score (nSPS) is 25.9. The molecule has 1 saturated carbocycles. The van der Waals surface area contributed by atoms with E-state index < -0.39 is 11.0 Å². The van der Waals surface area contributed by atoms with E-state index in [1.807, 2.05) is 26.8 Å². The molecular formula is C17H22N2O3. The third-order valence-electron chi connectivity index (χ3n) is 4.71. The van der Waals surface area contributed by atoms with Crippen LogP contribution < -0.4 is 5.32 Å². The van der Waals surface area contributed by atoms with Crippen molar-refractivity contribution in [3.8, 4) is 6.07 Å². The topological polar surface area (TPSA) is 82.3 Å². The van der Waals surface area contributed by atoms with Gasteiger partial charge in [-0.15, -0.1) is 0 Å². The molecule has 0 radical (unpaired) electrons. The summed E-state index contributed by atoms with van der Waals surface area (Å²) in [6.07, 6.45) is 0.524. The molecule has 0 spiro atoms. The molecule has 5 nitrogen and oxygen atoms in total. The Morgan fingerprint density at radius 1 is 1.45 bits per heavy atom.